The van der Waals surface area contributed by atoms with Gasteiger partial charge in [-0.3, -0.25) is 0 Å². The predicted molar refractivity (Wildman–Crippen MR) is 82.9 cm³/mol. The van der Waals surface area contributed by atoms with Crippen molar-refractivity contribution in [1.82, 2.24) is 4.72 Å². The summed E-state index contributed by atoms with van der Waals surface area (Å²) >= 11 is 5.76. The van der Waals surface area contributed by atoms with Crippen LogP contribution in [0.1, 0.15) is 33.3 Å². The van der Waals surface area contributed by atoms with Crippen molar-refractivity contribution in [2.24, 2.45) is 0 Å². The lowest BCUT2D eigenvalue weighted by molar-refractivity contribution is 0.00655. The summed E-state index contributed by atoms with van der Waals surface area (Å²) in [5.41, 5.74) is -1.45. The molecule has 0 heterocycles. The Labute approximate surface area is 125 Å². The van der Waals surface area contributed by atoms with Crippen molar-refractivity contribution in [1.29, 1.82) is 0 Å². The van der Waals surface area contributed by atoms with E-state index in [0.29, 0.717) is 5.02 Å². The van der Waals surface area contributed by atoms with Crippen LogP contribution in [0.4, 0.5) is 0 Å². The summed E-state index contributed by atoms with van der Waals surface area (Å²) in [7, 11) is -3.65. The summed E-state index contributed by atoms with van der Waals surface area (Å²) < 4.78 is 26.5. The SMILES string of the molecule is CC(C)(O)C(C)(C)NS(=O)(=O)/C=C/c1ccc(Cl)cc1. The molecular formula is C14H20ClNO3S. The minimum absolute atomic E-state index is 0.589. The lowest BCUT2D eigenvalue weighted by Crippen LogP contribution is -2.57. The van der Waals surface area contributed by atoms with E-state index in [1.54, 1.807) is 52.0 Å². The third kappa shape index (κ3) is 4.90. The van der Waals surface area contributed by atoms with E-state index < -0.39 is 21.2 Å². The zero-order chi connectivity index (χ0) is 15.6. The minimum atomic E-state index is -3.65. The minimum Gasteiger partial charge on any atom is -0.389 e. The van der Waals surface area contributed by atoms with Crippen LogP contribution in [0.5, 0.6) is 0 Å². The van der Waals surface area contributed by atoms with Crippen molar-refractivity contribution in [3.05, 3.63) is 40.3 Å². The van der Waals surface area contributed by atoms with Gasteiger partial charge in [0.05, 0.1) is 11.1 Å². The van der Waals surface area contributed by atoms with Gasteiger partial charge in [-0.25, -0.2) is 13.1 Å². The van der Waals surface area contributed by atoms with Crippen LogP contribution >= 0.6 is 11.6 Å². The van der Waals surface area contributed by atoms with Gasteiger partial charge >= 0.3 is 0 Å². The number of nitrogens with one attached hydrogen (secondary N) is 1. The molecule has 0 atom stereocenters. The van der Waals surface area contributed by atoms with E-state index in [-0.39, 0.29) is 0 Å². The van der Waals surface area contributed by atoms with Gasteiger partial charge in [-0.15, -0.1) is 0 Å². The summed E-state index contributed by atoms with van der Waals surface area (Å²) in [4.78, 5) is 0. The van der Waals surface area contributed by atoms with Gasteiger partial charge < -0.3 is 5.11 Å². The van der Waals surface area contributed by atoms with E-state index in [2.05, 4.69) is 4.72 Å². The molecule has 0 saturated carbocycles. The molecule has 0 aromatic heterocycles. The number of benzene rings is 1. The predicted octanol–water partition coefficient (Wildman–Crippen LogP) is 2.78. The first-order chi connectivity index (χ1) is 8.93. The van der Waals surface area contributed by atoms with Crippen LogP contribution in [0, 0.1) is 0 Å². The highest BCUT2D eigenvalue weighted by molar-refractivity contribution is 7.92. The van der Waals surface area contributed by atoms with Gasteiger partial charge in [0.15, 0.2) is 0 Å². The lowest BCUT2D eigenvalue weighted by Gasteiger charge is -2.37. The molecule has 0 aliphatic carbocycles. The normalized spacial score (nSPS) is 13.9. The smallest absolute Gasteiger partial charge is 0.234 e. The topological polar surface area (TPSA) is 66.4 Å². The van der Waals surface area contributed by atoms with Gasteiger partial charge in [-0.1, -0.05) is 23.7 Å². The summed E-state index contributed by atoms with van der Waals surface area (Å²) in [6, 6.07) is 6.80. The Kier molecular flexibility index (Phi) is 5.03. The first-order valence-electron chi connectivity index (χ1n) is 6.13. The van der Waals surface area contributed by atoms with Gasteiger partial charge in [0.25, 0.3) is 0 Å². The zero-order valence-electron chi connectivity index (χ0n) is 12.0. The molecule has 0 unspecified atom stereocenters. The van der Waals surface area contributed by atoms with Crippen LogP contribution in [0.2, 0.25) is 5.02 Å². The van der Waals surface area contributed by atoms with Gasteiger partial charge in [-0.2, -0.15) is 0 Å². The van der Waals surface area contributed by atoms with E-state index in [4.69, 9.17) is 11.6 Å². The van der Waals surface area contributed by atoms with Crippen molar-refractivity contribution in [2.75, 3.05) is 0 Å². The average molecular weight is 318 g/mol. The standard InChI is InChI=1S/C14H20ClNO3S/c1-13(2,14(3,4)17)16-20(18,19)10-9-11-5-7-12(15)8-6-11/h5-10,16-17H,1-4H3/b10-9+. The van der Waals surface area contributed by atoms with Crippen molar-refractivity contribution in [3.63, 3.8) is 0 Å². The lowest BCUT2D eigenvalue weighted by atomic mass is 9.87. The molecule has 0 amide bonds. The second-order valence-corrected chi connectivity index (χ2v) is 7.69. The Morgan fingerprint density at radius 1 is 1.15 bits per heavy atom. The molecular weight excluding hydrogens is 298 g/mol. The summed E-state index contributed by atoms with van der Waals surface area (Å²) in [5, 5.41) is 11.6. The molecule has 0 saturated heterocycles. The third-order valence-corrected chi connectivity index (χ3v) is 4.78. The Bertz CT molecular complexity index is 584. The van der Waals surface area contributed by atoms with Crippen molar-refractivity contribution >= 4 is 27.7 Å². The molecule has 4 nitrogen and oxygen atoms in total. The highest BCUT2D eigenvalue weighted by Gasteiger charge is 2.37. The molecule has 20 heavy (non-hydrogen) atoms. The van der Waals surface area contributed by atoms with Crippen LogP contribution < -0.4 is 4.72 Å². The van der Waals surface area contributed by atoms with Crippen LogP contribution in [-0.4, -0.2) is 24.7 Å². The number of sulfonamides is 1. The molecule has 0 aliphatic heterocycles. The molecule has 1 aromatic carbocycles. The Morgan fingerprint density at radius 2 is 1.65 bits per heavy atom. The third-order valence-electron chi connectivity index (χ3n) is 3.24. The molecule has 2 N–H and O–H groups in total. The van der Waals surface area contributed by atoms with E-state index >= 15 is 0 Å². The highest BCUT2D eigenvalue weighted by Crippen LogP contribution is 2.22. The van der Waals surface area contributed by atoms with E-state index in [0.717, 1.165) is 11.0 Å². The fraction of sp³-hybridized carbons (Fsp3) is 0.429. The first kappa shape index (κ1) is 17.2. The van der Waals surface area contributed by atoms with Crippen LogP contribution in [0.3, 0.4) is 0 Å². The second kappa shape index (κ2) is 5.85. The molecule has 6 heteroatoms. The summed E-state index contributed by atoms with van der Waals surface area (Å²) in [5.74, 6) is 0. The van der Waals surface area contributed by atoms with Crippen LogP contribution in [0.15, 0.2) is 29.7 Å². The second-order valence-electron chi connectivity index (χ2n) is 5.69. The van der Waals surface area contributed by atoms with E-state index in [1.165, 1.54) is 6.08 Å². The first-order valence-corrected chi connectivity index (χ1v) is 8.05. The fourth-order valence-corrected chi connectivity index (χ4v) is 2.75. The van der Waals surface area contributed by atoms with Gasteiger partial charge in [0.1, 0.15) is 0 Å². The molecule has 0 bridgehead atoms. The summed E-state index contributed by atoms with van der Waals surface area (Å²) in [6.45, 7) is 6.36. The summed E-state index contributed by atoms with van der Waals surface area (Å²) in [6.07, 6.45) is 1.47. The molecule has 1 rings (SSSR count). The monoisotopic (exact) mass is 317 g/mol. The molecule has 112 valence electrons. The zero-order valence-corrected chi connectivity index (χ0v) is 13.6. The Hall–Kier alpha value is -0.880. The van der Waals surface area contributed by atoms with E-state index in [1.807, 2.05) is 0 Å². The van der Waals surface area contributed by atoms with Gasteiger partial charge in [0, 0.05) is 10.4 Å². The van der Waals surface area contributed by atoms with Crippen molar-refractivity contribution < 1.29 is 13.5 Å². The number of hydrogen-bond donors (Lipinski definition) is 2. The quantitative estimate of drug-likeness (QED) is 0.877. The van der Waals surface area contributed by atoms with E-state index in [9.17, 15) is 13.5 Å². The number of hydrogen-bond acceptors (Lipinski definition) is 3. The van der Waals surface area contributed by atoms with Crippen LogP contribution in [0.25, 0.3) is 6.08 Å². The number of rotatable bonds is 5. The Balaban J connectivity index is 2.88. The fourth-order valence-electron chi connectivity index (χ4n) is 1.26. The average Bonchev–Trinajstić information content (AvgIpc) is 2.25. The number of aliphatic hydroxyl groups is 1. The molecule has 1 aromatic rings. The van der Waals surface area contributed by atoms with Crippen molar-refractivity contribution in [2.45, 2.75) is 38.8 Å². The number of halogens is 1. The van der Waals surface area contributed by atoms with Gasteiger partial charge in [-0.05, 0) is 51.5 Å². The molecule has 0 aliphatic rings. The maximum atomic E-state index is 12.0. The van der Waals surface area contributed by atoms with Crippen LogP contribution in [-0.2, 0) is 10.0 Å². The largest absolute Gasteiger partial charge is 0.389 e. The Morgan fingerprint density at radius 3 is 2.10 bits per heavy atom. The maximum Gasteiger partial charge on any atom is 0.234 e. The maximum absolute atomic E-state index is 12.0. The van der Waals surface area contributed by atoms with Crippen molar-refractivity contribution in [3.8, 4) is 0 Å². The highest BCUT2D eigenvalue weighted by atomic mass is 35.5. The molecule has 0 spiro atoms. The van der Waals surface area contributed by atoms with Gasteiger partial charge in [0.2, 0.25) is 10.0 Å². The molecule has 0 fully saturated rings. The molecule has 0 radical (unpaired) electrons.